The van der Waals surface area contributed by atoms with Crippen molar-refractivity contribution >= 4 is 21.6 Å². The van der Waals surface area contributed by atoms with Gasteiger partial charge in [-0.15, -0.1) is 0 Å². The number of benzene rings is 3. The number of rotatable bonds is 8. The van der Waals surface area contributed by atoms with Crippen molar-refractivity contribution < 1.29 is 17.9 Å². The van der Waals surface area contributed by atoms with Crippen LogP contribution in [-0.4, -0.2) is 38.9 Å². The lowest BCUT2D eigenvalue weighted by atomic mass is 10.1. The number of amides is 1. The van der Waals surface area contributed by atoms with E-state index in [1.165, 1.54) is 10.7 Å². The van der Waals surface area contributed by atoms with Crippen molar-refractivity contribution in [1.82, 2.24) is 4.90 Å². The monoisotopic (exact) mass is 492 g/mol. The predicted octanol–water partition coefficient (Wildman–Crippen LogP) is 5.42. The smallest absolute Gasteiger partial charge is 0.264 e. The van der Waals surface area contributed by atoms with Gasteiger partial charge in [0, 0.05) is 18.7 Å². The van der Waals surface area contributed by atoms with Crippen LogP contribution in [0.4, 0.5) is 5.69 Å². The molecular weight excluding hydrogens is 460 g/mol. The van der Waals surface area contributed by atoms with Crippen molar-refractivity contribution in [2.45, 2.75) is 44.6 Å². The Balaban J connectivity index is 1.62. The van der Waals surface area contributed by atoms with Gasteiger partial charge in [0.25, 0.3) is 15.9 Å². The molecule has 0 aromatic heterocycles. The first-order valence-electron chi connectivity index (χ1n) is 12.1. The molecule has 0 unspecified atom stereocenters. The second-order valence-corrected chi connectivity index (χ2v) is 10.7. The van der Waals surface area contributed by atoms with E-state index in [0.29, 0.717) is 23.6 Å². The summed E-state index contributed by atoms with van der Waals surface area (Å²) in [5.74, 6) is 0.719. The van der Waals surface area contributed by atoms with Gasteiger partial charge in [-0.05, 0) is 87.2 Å². The Labute approximate surface area is 208 Å². The maximum atomic E-state index is 13.7. The van der Waals surface area contributed by atoms with Crippen molar-refractivity contribution in [1.29, 1.82) is 0 Å². The van der Waals surface area contributed by atoms with Crippen LogP contribution < -0.4 is 9.04 Å². The van der Waals surface area contributed by atoms with Crippen LogP contribution in [0, 0.1) is 6.92 Å². The van der Waals surface area contributed by atoms with Crippen LogP contribution in [-0.2, 0) is 16.6 Å². The summed E-state index contributed by atoms with van der Waals surface area (Å²) in [7, 11) is -3.82. The maximum Gasteiger partial charge on any atom is 0.264 e. The number of aryl methyl sites for hydroxylation is 1. The van der Waals surface area contributed by atoms with E-state index in [9.17, 15) is 13.2 Å². The van der Waals surface area contributed by atoms with E-state index < -0.39 is 10.0 Å². The maximum absolute atomic E-state index is 13.7. The van der Waals surface area contributed by atoms with Gasteiger partial charge in [-0.3, -0.25) is 9.10 Å². The molecule has 184 valence electrons. The van der Waals surface area contributed by atoms with Crippen LogP contribution in [0.2, 0.25) is 0 Å². The number of carbonyl (C=O) groups is 1. The van der Waals surface area contributed by atoms with E-state index in [-0.39, 0.29) is 17.3 Å². The third kappa shape index (κ3) is 5.85. The molecule has 0 atom stereocenters. The van der Waals surface area contributed by atoms with Gasteiger partial charge in [0.15, 0.2) is 0 Å². The Morgan fingerprint density at radius 2 is 1.51 bits per heavy atom. The van der Waals surface area contributed by atoms with Crippen LogP contribution in [0.25, 0.3) is 0 Å². The van der Waals surface area contributed by atoms with E-state index >= 15 is 0 Å². The molecule has 0 spiro atoms. The van der Waals surface area contributed by atoms with Crippen molar-refractivity contribution in [3.05, 3.63) is 89.5 Å². The van der Waals surface area contributed by atoms with E-state index in [4.69, 9.17) is 4.74 Å². The summed E-state index contributed by atoms with van der Waals surface area (Å²) in [6.07, 6.45) is 3.25. The summed E-state index contributed by atoms with van der Waals surface area (Å²) >= 11 is 0. The highest BCUT2D eigenvalue weighted by atomic mass is 32.2. The standard InChI is InChI=1S/C28H32N2O4S/c1-3-34-26-15-13-25(14-16-26)30(35(32,33)27-17-7-22(2)8-18-27)21-23-9-11-24(12-10-23)28(31)29-19-5-4-6-20-29/h7-18H,3-6,19-21H2,1-2H3. The average Bonchev–Trinajstić information content (AvgIpc) is 2.89. The van der Waals surface area contributed by atoms with Gasteiger partial charge >= 0.3 is 0 Å². The predicted molar refractivity (Wildman–Crippen MR) is 138 cm³/mol. The van der Waals surface area contributed by atoms with Gasteiger partial charge in [-0.2, -0.15) is 0 Å². The molecule has 0 radical (unpaired) electrons. The van der Waals surface area contributed by atoms with Gasteiger partial charge < -0.3 is 9.64 Å². The third-order valence-electron chi connectivity index (χ3n) is 6.22. The van der Waals surface area contributed by atoms with Crippen molar-refractivity contribution in [3.8, 4) is 5.75 Å². The van der Waals surface area contributed by atoms with Crippen LogP contribution in [0.5, 0.6) is 5.75 Å². The summed E-state index contributed by atoms with van der Waals surface area (Å²) in [6, 6.07) is 21.2. The van der Waals surface area contributed by atoms with E-state index in [1.807, 2.05) is 30.9 Å². The van der Waals surface area contributed by atoms with E-state index in [1.54, 1.807) is 60.7 Å². The lowest BCUT2D eigenvalue weighted by Gasteiger charge is -2.27. The van der Waals surface area contributed by atoms with Gasteiger partial charge in [0.1, 0.15) is 5.75 Å². The zero-order chi connectivity index (χ0) is 24.8. The lowest BCUT2D eigenvalue weighted by Crippen LogP contribution is -2.35. The minimum absolute atomic E-state index is 0.0342. The average molecular weight is 493 g/mol. The number of anilines is 1. The number of carbonyl (C=O) groups excluding carboxylic acids is 1. The van der Waals surface area contributed by atoms with Crippen molar-refractivity contribution in [2.24, 2.45) is 0 Å². The van der Waals surface area contributed by atoms with E-state index in [0.717, 1.165) is 37.1 Å². The Kier molecular flexibility index (Phi) is 7.76. The SMILES string of the molecule is CCOc1ccc(N(Cc2ccc(C(=O)N3CCCCC3)cc2)S(=O)(=O)c2ccc(C)cc2)cc1. The number of likely N-dealkylation sites (tertiary alicyclic amines) is 1. The van der Waals surface area contributed by atoms with Gasteiger partial charge in [-0.25, -0.2) is 8.42 Å². The number of hydrogen-bond donors (Lipinski definition) is 0. The minimum Gasteiger partial charge on any atom is -0.494 e. The Morgan fingerprint density at radius 1 is 0.886 bits per heavy atom. The molecule has 35 heavy (non-hydrogen) atoms. The molecule has 0 saturated carbocycles. The summed E-state index contributed by atoms with van der Waals surface area (Å²) in [4.78, 5) is 14.9. The Hall–Kier alpha value is -3.32. The molecule has 1 amide bonds. The molecule has 1 aliphatic rings. The number of piperidine rings is 1. The zero-order valence-corrected chi connectivity index (χ0v) is 21.1. The molecule has 1 heterocycles. The molecular formula is C28H32N2O4S. The Morgan fingerprint density at radius 3 is 2.11 bits per heavy atom. The highest BCUT2D eigenvalue weighted by Gasteiger charge is 2.26. The molecule has 3 aromatic carbocycles. The molecule has 1 saturated heterocycles. The molecule has 0 aliphatic carbocycles. The van der Waals surface area contributed by atoms with Crippen LogP contribution >= 0.6 is 0 Å². The van der Waals surface area contributed by atoms with Crippen molar-refractivity contribution in [2.75, 3.05) is 24.0 Å². The second-order valence-electron chi connectivity index (χ2n) is 8.80. The third-order valence-corrected chi connectivity index (χ3v) is 8.00. The molecule has 0 bridgehead atoms. The summed E-state index contributed by atoms with van der Waals surface area (Å²) in [5, 5.41) is 0. The lowest BCUT2D eigenvalue weighted by molar-refractivity contribution is 0.0724. The summed E-state index contributed by atoms with van der Waals surface area (Å²) < 4.78 is 34.3. The van der Waals surface area contributed by atoms with Gasteiger partial charge in [-0.1, -0.05) is 29.8 Å². The largest absolute Gasteiger partial charge is 0.494 e. The normalized spacial score (nSPS) is 13.9. The van der Waals surface area contributed by atoms with E-state index in [2.05, 4.69) is 0 Å². The van der Waals surface area contributed by atoms with Crippen molar-refractivity contribution in [3.63, 3.8) is 0 Å². The molecule has 0 N–H and O–H groups in total. The first kappa shape index (κ1) is 24.8. The minimum atomic E-state index is -3.82. The van der Waals surface area contributed by atoms with Gasteiger partial charge in [0.05, 0.1) is 23.7 Å². The van der Waals surface area contributed by atoms with Crippen LogP contribution in [0.3, 0.4) is 0 Å². The number of nitrogens with zero attached hydrogens (tertiary/aromatic N) is 2. The van der Waals surface area contributed by atoms with Crippen LogP contribution in [0.1, 0.15) is 47.7 Å². The number of ether oxygens (including phenoxy) is 1. The quantitative estimate of drug-likeness (QED) is 0.421. The zero-order valence-electron chi connectivity index (χ0n) is 20.3. The topological polar surface area (TPSA) is 66.9 Å². The summed E-state index contributed by atoms with van der Waals surface area (Å²) in [6.45, 7) is 6.09. The molecule has 6 nitrogen and oxygen atoms in total. The first-order chi connectivity index (χ1) is 16.9. The molecule has 3 aromatic rings. The fraction of sp³-hybridized carbons (Fsp3) is 0.321. The number of hydrogen-bond acceptors (Lipinski definition) is 4. The fourth-order valence-corrected chi connectivity index (χ4v) is 5.68. The highest BCUT2D eigenvalue weighted by molar-refractivity contribution is 7.92. The van der Waals surface area contributed by atoms with Gasteiger partial charge in [0.2, 0.25) is 0 Å². The second kappa shape index (κ2) is 11.0. The highest BCUT2D eigenvalue weighted by Crippen LogP contribution is 2.28. The molecule has 1 fully saturated rings. The molecule has 4 rings (SSSR count). The Bertz CT molecular complexity index is 1230. The first-order valence-corrected chi connectivity index (χ1v) is 13.5. The van der Waals surface area contributed by atoms with Crippen LogP contribution in [0.15, 0.2) is 77.7 Å². The molecule has 1 aliphatic heterocycles. The number of sulfonamides is 1. The fourth-order valence-electron chi connectivity index (χ4n) is 4.23. The molecule has 7 heteroatoms. The summed E-state index contributed by atoms with van der Waals surface area (Å²) in [5.41, 5.74) is 2.96.